The summed E-state index contributed by atoms with van der Waals surface area (Å²) in [5, 5.41) is 0. The zero-order chi connectivity index (χ0) is 14.0. The first-order chi connectivity index (χ1) is 8.91. The predicted octanol–water partition coefficient (Wildman–Crippen LogP) is 0.848. The van der Waals surface area contributed by atoms with Crippen LogP contribution < -0.4 is 0 Å². The van der Waals surface area contributed by atoms with Crippen molar-refractivity contribution in [2.75, 3.05) is 26.7 Å². The van der Waals surface area contributed by atoms with Crippen LogP contribution in [0.1, 0.15) is 12.0 Å². The summed E-state index contributed by atoms with van der Waals surface area (Å²) in [6.07, 6.45) is 1.00. The number of likely N-dealkylation sites (N-methyl/N-ethyl adjacent to an activating group) is 1. The van der Waals surface area contributed by atoms with Crippen LogP contribution in [0.3, 0.4) is 0 Å². The standard InChI is InChI=1S/C13H18N2O3S/c1-11-4-6-12(7-5-11)19(17,18)14(2)10-13(16)15-8-3-9-15/h4-7H,3,8-10H2,1-2H3. The fourth-order valence-electron chi connectivity index (χ4n) is 1.83. The number of nitrogens with zero attached hydrogens (tertiary/aromatic N) is 2. The molecule has 0 aromatic heterocycles. The third-order valence-corrected chi connectivity index (χ3v) is 5.11. The average Bonchev–Trinajstić information content (AvgIpc) is 2.26. The minimum absolute atomic E-state index is 0.101. The molecule has 6 heteroatoms. The molecule has 0 spiro atoms. The number of benzene rings is 1. The highest BCUT2D eigenvalue weighted by Gasteiger charge is 2.27. The Morgan fingerprint density at radius 2 is 1.84 bits per heavy atom. The third-order valence-electron chi connectivity index (χ3n) is 3.30. The van der Waals surface area contributed by atoms with Crippen LogP contribution in [0.25, 0.3) is 0 Å². The fourth-order valence-corrected chi connectivity index (χ4v) is 2.95. The van der Waals surface area contributed by atoms with Crippen LogP contribution in [-0.2, 0) is 14.8 Å². The first kappa shape index (κ1) is 14.0. The van der Waals surface area contributed by atoms with E-state index in [1.54, 1.807) is 29.2 Å². The van der Waals surface area contributed by atoms with E-state index < -0.39 is 10.0 Å². The van der Waals surface area contributed by atoms with Gasteiger partial charge in [0.05, 0.1) is 11.4 Å². The molecule has 1 aliphatic rings. The third kappa shape index (κ3) is 2.96. The maximum absolute atomic E-state index is 12.3. The van der Waals surface area contributed by atoms with Crippen LogP contribution in [0.2, 0.25) is 0 Å². The molecular formula is C13H18N2O3S. The highest BCUT2D eigenvalue weighted by molar-refractivity contribution is 7.89. The minimum atomic E-state index is -3.58. The van der Waals surface area contributed by atoms with Gasteiger partial charge in [0.25, 0.3) is 0 Å². The lowest BCUT2D eigenvalue weighted by atomic mass is 10.2. The molecule has 5 nitrogen and oxygen atoms in total. The summed E-state index contributed by atoms with van der Waals surface area (Å²) < 4.78 is 25.6. The summed E-state index contributed by atoms with van der Waals surface area (Å²) in [5.74, 6) is -0.135. The van der Waals surface area contributed by atoms with Gasteiger partial charge in [0.1, 0.15) is 0 Å². The molecule has 2 rings (SSSR count). The molecule has 0 bridgehead atoms. The predicted molar refractivity (Wildman–Crippen MR) is 72.2 cm³/mol. The van der Waals surface area contributed by atoms with Crippen LogP contribution in [0.5, 0.6) is 0 Å². The van der Waals surface area contributed by atoms with Crippen molar-refractivity contribution in [3.63, 3.8) is 0 Å². The van der Waals surface area contributed by atoms with Gasteiger partial charge in [0.15, 0.2) is 0 Å². The fraction of sp³-hybridized carbons (Fsp3) is 0.462. The van der Waals surface area contributed by atoms with E-state index in [9.17, 15) is 13.2 Å². The number of likely N-dealkylation sites (tertiary alicyclic amines) is 1. The van der Waals surface area contributed by atoms with Crippen molar-refractivity contribution in [3.05, 3.63) is 29.8 Å². The number of amides is 1. The van der Waals surface area contributed by atoms with E-state index in [2.05, 4.69) is 0 Å². The molecule has 1 heterocycles. The Hall–Kier alpha value is -1.40. The molecule has 0 aliphatic carbocycles. The normalized spacial score (nSPS) is 15.4. The Bertz CT molecular complexity index is 562. The van der Waals surface area contributed by atoms with Crippen molar-refractivity contribution in [1.82, 2.24) is 9.21 Å². The lowest BCUT2D eigenvalue weighted by Crippen LogP contribution is -2.47. The van der Waals surface area contributed by atoms with Gasteiger partial charge in [-0.1, -0.05) is 17.7 Å². The summed E-state index contributed by atoms with van der Waals surface area (Å²) in [7, 11) is -2.15. The topological polar surface area (TPSA) is 57.7 Å². The summed E-state index contributed by atoms with van der Waals surface area (Å²) >= 11 is 0. The van der Waals surface area contributed by atoms with Gasteiger partial charge < -0.3 is 4.90 Å². The van der Waals surface area contributed by atoms with Crippen molar-refractivity contribution in [2.45, 2.75) is 18.2 Å². The first-order valence-electron chi connectivity index (χ1n) is 6.22. The second-order valence-electron chi connectivity index (χ2n) is 4.81. The number of aryl methyl sites for hydroxylation is 1. The number of hydrogen-bond acceptors (Lipinski definition) is 3. The molecule has 1 fully saturated rings. The maximum atomic E-state index is 12.3. The molecule has 1 aliphatic heterocycles. The second-order valence-corrected chi connectivity index (χ2v) is 6.85. The van der Waals surface area contributed by atoms with Crippen molar-refractivity contribution >= 4 is 15.9 Å². The zero-order valence-corrected chi connectivity index (χ0v) is 12.0. The minimum Gasteiger partial charge on any atom is -0.341 e. The summed E-state index contributed by atoms with van der Waals surface area (Å²) in [6, 6.07) is 6.63. The Morgan fingerprint density at radius 1 is 1.26 bits per heavy atom. The van der Waals surface area contributed by atoms with Crippen molar-refractivity contribution in [1.29, 1.82) is 0 Å². The van der Waals surface area contributed by atoms with E-state index in [-0.39, 0.29) is 17.3 Å². The van der Waals surface area contributed by atoms with Gasteiger partial charge in [-0.3, -0.25) is 4.79 Å². The van der Waals surface area contributed by atoms with Crippen LogP contribution in [0.4, 0.5) is 0 Å². The Morgan fingerprint density at radius 3 is 2.32 bits per heavy atom. The number of carbonyl (C=O) groups is 1. The van der Waals surface area contributed by atoms with E-state index in [0.29, 0.717) is 0 Å². The molecule has 0 atom stereocenters. The maximum Gasteiger partial charge on any atom is 0.243 e. The highest BCUT2D eigenvalue weighted by Crippen LogP contribution is 2.15. The van der Waals surface area contributed by atoms with Gasteiger partial charge in [-0.05, 0) is 25.5 Å². The number of rotatable bonds is 4. The van der Waals surface area contributed by atoms with Crippen molar-refractivity contribution in [2.24, 2.45) is 0 Å². The number of hydrogen-bond donors (Lipinski definition) is 0. The quantitative estimate of drug-likeness (QED) is 0.822. The monoisotopic (exact) mass is 282 g/mol. The molecule has 0 unspecified atom stereocenters. The molecule has 19 heavy (non-hydrogen) atoms. The molecule has 1 saturated heterocycles. The van der Waals surface area contributed by atoms with Gasteiger partial charge in [-0.2, -0.15) is 4.31 Å². The summed E-state index contributed by atoms with van der Waals surface area (Å²) in [6.45, 7) is 3.26. The van der Waals surface area contributed by atoms with E-state index in [1.165, 1.54) is 7.05 Å². The van der Waals surface area contributed by atoms with Gasteiger partial charge >= 0.3 is 0 Å². The molecule has 0 saturated carbocycles. The number of carbonyl (C=O) groups excluding carboxylic acids is 1. The Balaban J connectivity index is 2.10. The largest absolute Gasteiger partial charge is 0.341 e. The molecule has 1 aromatic carbocycles. The van der Waals surface area contributed by atoms with E-state index in [1.807, 2.05) is 6.92 Å². The van der Waals surface area contributed by atoms with Crippen LogP contribution >= 0.6 is 0 Å². The van der Waals surface area contributed by atoms with Crippen LogP contribution in [0.15, 0.2) is 29.2 Å². The smallest absolute Gasteiger partial charge is 0.243 e. The molecule has 0 radical (unpaired) electrons. The van der Waals surface area contributed by atoms with Crippen molar-refractivity contribution in [3.8, 4) is 0 Å². The number of sulfonamides is 1. The Labute approximate surface area is 113 Å². The van der Waals surface area contributed by atoms with E-state index in [4.69, 9.17) is 0 Å². The lowest BCUT2D eigenvalue weighted by Gasteiger charge is -2.32. The average molecular weight is 282 g/mol. The molecule has 1 amide bonds. The van der Waals surface area contributed by atoms with E-state index in [0.717, 1.165) is 29.4 Å². The molecule has 0 N–H and O–H groups in total. The summed E-state index contributed by atoms with van der Waals surface area (Å²) in [5.41, 5.74) is 0.998. The van der Waals surface area contributed by atoms with Gasteiger partial charge in [0, 0.05) is 20.1 Å². The molecule has 1 aromatic rings. The summed E-state index contributed by atoms with van der Waals surface area (Å²) in [4.78, 5) is 13.7. The van der Waals surface area contributed by atoms with E-state index >= 15 is 0 Å². The highest BCUT2D eigenvalue weighted by atomic mass is 32.2. The first-order valence-corrected chi connectivity index (χ1v) is 7.66. The van der Waals surface area contributed by atoms with Gasteiger partial charge in [0.2, 0.25) is 15.9 Å². The lowest BCUT2D eigenvalue weighted by molar-refractivity contribution is -0.134. The Kier molecular flexibility index (Phi) is 3.91. The molecule has 104 valence electrons. The van der Waals surface area contributed by atoms with Crippen LogP contribution in [0, 0.1) is 6.92 Å². The van der Waals surface area contributed by atoms with Crippen molar-refractivity contribution < 1.29 is 13.2 Å². The molecular weight excluding hydrogens is 264 g/mol. The van der Waals surface area contributed by atoms with Gasteiger partial charge in [-0.25, -0.2) is 8.42 Å². The van der Waals surface area contributed by atoms with Crippen LogP contribution in [-0.4, -0.2) is 50.2 Å². The second kappa shape index (κ2) is 5.30. The SMILES string of the molecule is Cc1ccc(S(=O)(=O)N(C)CC(=O)N2CCC2)cc1. The van der Waals surface area contributed by atoms with Gasteiger partial charge in [-0.15, -0.1) is 0 Å². The zero-order valence-electron chi connectivity index (χ0n) is 11.2.